The molecule has 2 aromatic carbocycles. The molecule has 2 aromatic rings. The Morgan fingerprint density at radius 2 is 1.72 bits per heavy atom. The third-order valence-corrected chi connectivity index (χ3v) is 7.05. The van der Waals surface area contributed by atoms with Crippen molar-refractivity contribution in [3.8, 4) is 11.5 Å². The monoisotopic (exact) mass is 461 g/mol. The number of methoxy groups -OCH3 is 1. The lowest BCUT2D eigenvalue weighted by Gasteiger charge is -2.18. The Morgan fingerprint density at radius 3 is 2.41 bits per heavy atom. The number of hydrogen-bond acceptors (Lipinski definition) is 6. The summed E-state index contributed by atoms with van der Waals surface area (Å²) in [6.07, 6.45) is 1.58. The Hall–Kier alpha value is -3.11. The van der Waals surface area contributed by atoms with Gasteiger partial charge < -0.3 is 9.47 Å². The number of nitrogens with one attached hydrogen (secondary N) is 2. The van der Waals surface area contributed by atoms with Crippen LogP contribution < -0.4 is 20.3 Å². The maximum Gasteiger partial charge on any atom is 0.276 e. The summed E-state index contributed by atoms with van der Waals surface area (Å²) in [6.45, 7) is 4.35. The highest BCUT2D eigenvalue weighted by molar-refractivity contribution is 7.89. The number of carbonyl (C=O) groups is 2. The number of sulfonamides is 1. The van der Waals surface area contributed by atoms with Gasteiger partial charge in [0.05, 0.1) is 7.11 Å². The zero-order chi connectivity index (χ0) is 23.3. The van der Waals surface area contributed by atoms with E-state index < -0.39 is 21.8 Å². The molecule has 0 atom stereocenters. The summed E-state index contributed by atoms with van der Waals surface area (Å²) in [4.78, 5) is 24.5. The molecule has 1 fully saturated rings. The van der Waals surface area contributed by atoms with Gasteiger partial charge in [0.25, 0.3) is 11.8 Å². The molecule has 1 aliphatic rings. The Kier molecular flexibility index (Phi) is 7.37. The lowest BCUT2D eigenvalue weighted by molar-refractivity contribution is -0.123. The quantitative estimate of drug-likeness (QED) is 0.609. The highest BCUT2D eigenvalue weighted by Gasteiger charge is 2.30. The molecular formula is C22H27N3O6S. The molecule has 1 saturated heterocycles. The molecule has 172 valence electrons. The first-order chi connectivity index (χ1) is 15.2. The fourth-order valence-electron chi connectivity index (χ4n) is 3.33. The van der Waals surface area contributed by atoms with Crippen LogP contribution in [0.5, 0.6) is 11.5 Å². The van der Waals surface area contributed by atoms with Gasteiger partial charge >= 0.3 is 0 Å². The molecule has 0 aliphatic carbocycles. The maximum atomic E-state index is 13.0. The zero-order valence-corrected chi connectivity index (χ0v) is 19.1. The number of aryl methyl sites for hydroxylation is 2. The van der Waals surface area contributed by atoms with E-state index in [9.17, 15) is 18.0 Å². The average molecular weight is 462 g/mol. The topological polar surface area (TPSA) is 114 Å². The molecule has 3 rings (SSSR count). The van der Waals surface area contributed by atoms with Crippen molar-refractivity contribution >= 4 is 21.8 Å². The van der Waals surface area contributed by atoms with Crippen molar-refractivity contribution < 1.29 is 27.5 Å². The molecule has 1 heterocycles. The van der Waals surface area contributed by atoms with Gasteiger partial charge in [0.2, 0.25) is 10.0 Å². The predicted octanol–water partition coefficient (Wildman–Crippen LogP) is 1.94. The zero-order valence-electron chi connectivity index (χ0n) is 18.3. The Morgan fingerprint density at radius 1 is 1.00 bits per heavy atom. The van der Waals surface area contributed by atoms with Gasteiger partial charge in [-0.3, -0.25) is 20.4 Å². The second kappa shape index (κ2) is 10.0. The number of benzene rings is 2. The molecule has 2 N–H and O–H groups in total. The van der Waals surface area contributed by atoms with Gasteiger partial charge in [-0.1, -0.05) is 12.1 Å². The smallest absolute Gasteiger partial charge is 0.276 e. The average Bonchev–Trinajstić information content (AvgIpc) is 3.33. The van der Waals surface area contributed by atoms with Gasteiger partial charge in [-0.2, -0.15) is 4.31 Å². The molecule has 0 aromatic heterocycles. The fraction of sp³-hybridized carbons (Fsp3) is 0.364. The first-order valence-corrected chi connectivity index (χ1v) is 11.6. The van der Waals surface area contributed by atoms with Crippen molar-refractivity contribution in [2.45, 2.75) is 31.6 Å². The van der Waals surface area contributed by atoms with Crippen molar-refractivity contribution in [3.63, 3.8) is 0 Å². The molecule has 0 saturated carbocycles. The van der Waals surface area contributed by atoms with E-state index in [1.54, 1.807) is 0 Å². The number of hydrazine groups is 1. The van der Waals surface area contributed by atoms with Crippen LogP contribution >= 0.6 is 0 Å². The summed E-state index contributed by atoms with van der Waals surface area (Å²) in [5.41, 5.74) is 6.51. The van der Waals surface area contributed by atoms with Gasteiger partial charge in [-0.15, -0.1) is 0 Å². The van der Waals surface area contributed by atoms with E-state index in [-0.39, 0.29) is 22.8 Å². The van der Waals surface area contributed by atoms with E-state index in [1.807, 2.05) is 32.0 Å². The van der Waals surface area contributed by atoms with Crippen LogP contribution in [-0.2, 0) is 14.8 Å². The highest BCUT2D eigenvalue weighted by atomic mass is 32.2. The lowest BCUT2D eigenvalue weighted by Crippen LogP contribution is -2.43. The van der Waals surface area contributed by atoms with Crippen LogP contribution in [0.25, 0.3) is 0 Å². The minimum atomic E-state index is -3.79. The molecule has 9 nitrogen and oxygen atoms in total. The predicted molar refractivity (Wildman–Crippen MR) is 118 cm³/mol. The van der Waals surface area contributed by atoms with Gasteiger partial charge in [0.1, 0.15) is 16.4 Å². The first kappa shape index (κ1) is 23.6. The minimum absolute atomic E-state index is 0.0688. The van der Waals surface area contributed by atoms with Crippen LogP contribution in [0, 0.1) is 13.8 Å². The van der Waals surface area contributed by atoms with Crippen molar-refractivity contribution in [3.05, 3.63) is 53.1 Å². The van der Waals surface area contributed by atoms with Gasteiger partial charge in [-0.25, -0.2) is 8.42 Å². The van der Waals surface area contributed by atoms with Gasteiger partial charge in [0, 0.05) is 18.7 Å². The van der Waals surface area contributed by atoms with E-state index in [2.05, 4.69) is 10.9 Å². The molecule has 0 spiro atoms. The molecule has 1 aliphatic heterocycles. The lowest BCUT2D eigenvalue weighted by atomic mass is 10.1. The molecule has 0 radical (unpaired) electrons. The molecule has 0 unspecified atom stereocenters. The number of rotatable bonds is 7. The van der Waals surface area contributed by atoms with Crippen LogP contribution in [0.2, 0.25) is 0 Å². The van der Waals surface area contributed by atoms with E-state index in [4.69, 9.17) is 9.47 Å². The van der Waals surface area contributed by atoms with Crippen LogP contribution in [0.1, 0.15) is 34.3 Å². The molecule has 0 bridgehead atoms. The summed E-state index contributed by atoms with van der Waals surface area (Å²) < 4.78 is 38.0. The van der Waals surface area contributed by atoms with Crippen LogP contribution in [0.4, 0.5) is 0 Å². The van der Waals surface area contributed by atoms with Crippen LogP contribution in [0.15, 0.2) is 41.3 Å². The number of amides is 2. The van der Waals surface area contributed by atoms with Crippen LogP contribution in [-0.4, -0.2) is 51.3 Å². The van der Waals surface area contributed by atoms with E-state index in [1.165, 1.54) is 29.6 Å². The number of ether oxygens (including phenoxy) is 2. The van der Waals surface area contributed by atoms with Crippen molar-refractivity contribution in [2.75, 3.05) is 26.8 Å². The van der Waals surface area contributed by atoms with Crippen molar-refractivity contribution in [1.82, 2.24) is 15.2 Å². The van der Waals surface area contributed by atoms with Crippen molar-refractivity contribution in [1.29, 1.82) is 0 Å². The summed E-state index contributed by atoms with van der Waals surface area (Å²) in [5, 5.41) is 0. The molecular weight excluding hydrogens is 434 g/mol. The summed E-state index contributed by atoms with van der Waals surface area (Å²) in [6, 6.07) is 9.75. The minimum Gasteiger partial charge on any atom is -0.495 e. The first-order valence-electron chi connectivity index (χ1n) is 10.2. The van der Waals surface area contributed by atoms with E-state index in [0.29, 0.717) is 18.8 Å². The SMILES string of the molecule is COc1ccc(C(=O)NNC(=O)COc2cc(C)ccc2C)cc1S(=O)(=O)N1CCCC1. The maximum absolute atomic E-state index is 13.0. The molecule has 10 heteroatoms. The van der Waals surface area contributed by atoms with E-state index >= 15 is 0 Å². The van der Waals surface area contributed by atoms with Crippen LogP contribution in [0.3, 0.4) is 0 Å². The fourth-order valence-corrected chi connectivity index (χ4v) is 5.03. The molecule has 32 heavy (non-hydrogen) atoms. The Labute approximate surface area is 187 Å². The summed E-state index contributed by atoms with van der Waals surface area (Å²) in [7, 11) is -2.43. The summed E-state index contributed by atoms with van der Waals surface area (Å²) >= 11 is 0. The van der Waals surface area contributed by atoms with E-state index in [0.717, 1.165) is 24.0 Å². The number of nitrogens with zero attached hydrogens (tertiary/aromatic N) is 1. The molecule has 2 amide bonds. The standard InChI is InChI=1S/C22H27N3O6S/c1-15-6-7-16(2)19(12-15)31-14-21(26)23-24-22(27)17-8-9-18(30-3)20(13-17)32(28,29)25-10-4-5-11-25/h6-9,12-13H,4-5,10-11,14H2,1-3H3,(H,23,26)(H,24,27). The summed E-state index contributed by atoms with van der Waals surface area (Å²) in [5.74, 6) is -0.485. The van der Waals surface area contributed by atoms with Gasteiger partial charge in [-0.05, 0) is 62.1 Å². The second-order valence-corrected chi connectivity index (χ2v) is 9.44. The third kappa shape index (κ3) is 5.38. The Balaban J connectivity index is 1.64. The Bertz CT molecular complexity index is 1110. The third-order valence-electron chi connectivity index (χ3n) is 5.13. The number of carbonyl (C=O) groups excluding carboxylic acids is 2. The largest absolute Gasteiger partial charge is 0.495 e. The number of hydrogen-bond donors (Lipinski definition) is 2. The second-order valence-electron chi connectivity index (χ2n) is 7.54. The van der Waals surface area contributed by atoms with Gasteiger partial charge in [0.15, 0.2) is 6.61 Å². The normalized spacial score (nSPS) is 14.1. The highest BCUT2D eigenvalue weighted by Crippen LogP contribution is 2.29. The van der Waals surface area contributed by atoms with Crippen molar-refractivity contribution in [2.24, 2.45) is 0 Å².